The molecule has 7 heteroatoms. The number of carbonyl (C=O) groups is 1. The van der Waals surface area contributed by atoms with Crippen molar-refractivity contribution in [2.24, 2.45) is 11.8 Å². The van der Waals surface area contributed by atoms with Crippen molar-refractivity contribution in [2.75, 3.05) is 26.2 Å². The maximum atomic E-state index is 12.6. The van der Waals surface area contributed by atoms with Gasteiger partial charge in [0, 0.05) is 50.5 Å². The summed E-state index contributed by atoms with van der Waals surface area (Å²) in [5.41, 5.74) is 1.62. The van der Waals surface area contributed by atoms with Crippen LogP contribution in [0.1, 0.15) is 27.6 Å². The lowest BCUT2D eigenvalue weighted by Crippen LogP contribution is -2.43. The number of amides is 1. The molecular weight excluding hydrogens is 322 g/mol. The van der Waals surface area contributed by atoms with Crippen molar-refractivity contribution >= 4 is 17.2 Å². The quantitative estimate of drug-likeness (QED) is 0.851. The number of rotatable bonds is 3. The lowest BCUT2D eigenvalue weighted by atomic mass is 9.88. The summed E-state index contributed by atoms with van der Waals surface area (Å²) in [5.74, 6) is 1.25. The van der Waals surface area contributed by atoms with E-state index in [0.717, 1.165) is 44.2 Å². The minimum absolute atomic E-state index is 0.00938. The van der Waals surface area contributed by atoms with Gasteiger partial charge < -0.3 is 4.90 Å². The number of likely N-dealkylation sites (tertiary alicyclic amines) is 2. The third-order valence-electron chi connectivity index (χ3n) is 5.00. The smallest absolute Gasteiger partial charge is 0.274 e. The van der Waals surface area contributed by atoms with Crippen molar-refractivity contribution in [1.29, 1.82) is 0 Å². The van der Waals surface area contributed by atoms with Gasteiger partial charge in [0.05, 0.1) is 16.9 Å². The summed E-state index contributed by atoms with van der Waals surface area (Å²) in [4.78, 5) is 29.7. The number of nitrogens with zero attached hydrogens (tertiary/aromatic N) is 5. The molecule has 2 atom stereocenters. The molecule has 6 nitrogen and oxygen atoms in total. The molecule has 4 rings (SSSR count). The first-order valence-corrected chi connectivity index (χ1v) is 9.25. The van der Waals surface area contributed by atoms with Crippen LogP contribution in [0.4, 0.5) is 0 Å². The van der Waals surface area contributed by atoms with Crippen molar-refractivity contribution in [3.8, 4) is 0 Å². The number of piperidine rings is 1. The molecule has 2 saturated heterocycles. The van der Waals surface area contributed by atoms with Crippen LogP contribution in [-0.2, 0) is 6.54 Å². The second-order valence-electron chi connectivity index (χ2n) is 6.70. The lowest BCUT2D eigenvalue weighted by Gasteiger charge is -2.34. The van der Waals surface area contributed by atoms with E-state index >= 15 is 0 Å². The number of carbonyl (C=O) groups excluding carboxylic acids is 1. The van der Waals surface area contributed by atoms with E-state index in [1.165, 1.54) is 5.69 Å². The number of aromatic nitrogens is 3. The summed E-state index contributed by atoms with van der Waals surface area (Å²) in [7, 11) is 0. The number of thiazole rings is 1. The largest absolute Gasteiger partial charge is 0.337 e. The Balaban J connectivity index is 1.38. The maximum Gasteiger partial charge on any atom is 0.274 e. The van der Waals surface area contributed by atoms with Gasteiger partial charge in [0.25, 0.3) is 5.91 Å². The first-order valence-electron chi connectivity index (χ1n) is 8.37. The van der Waals surface area contributed by atoms with Crippen LogP contribution in [-0.4, -0.2) is 56.8 Å². The summed E-state index contributed by atoms with van der Waals surface area (Å²) >= 11 is 1.71. The number of aryl methyl sites for hydroxylation is 1. The Kier molecular flexibility index (Phi) is 4.28. The highest BCUT2D eigenvalue weighted by Gasteiger charge is 2.38. The van der Waals surface area contributed by atoms with Gasteiger partial charge in [0.15, 0.2) is 0 Å². The minimum Gasteiger partial charge on any atom is -0.337 e. The third kappa shape index (κ3) is 3.18. The van der Waals surface area contributed by atoms with Crippen LogP contribution in [0.25, 0.3) is 0 Å². The van der Waals surface area contributed by atoms with E-state index in [1.54, 1.807) is 29.9 Å². The number of hydrogen-bond donors (Lipinski definition) is 0. The summed E-state index contributed by atoms with van der Waals surface area (Å²) in [6.07, 6.45) is 5.80. The molecular formula is C17H21N5OS. The van der Waals surface area contributed by atoms with Crippen LogP contribution in [0.15, 0.2) is 24.0 Å². The molecule has 2 fully saturated rings. The van der Waals surface area contributed by atoms with Crippen LogP contribution >= 0.6 is 11.3 Å². The monoisotopic (exact) mass is 343 g/mol. The van der Waals surface area contributed by atoms with Gasteiger partial charge in [-0.3, -0.25) is 14.7 Å². The Labute approximate surface area is 145 Å². The highest BCUT2D eigenvalue weighted by Crippen LogP contribution is 2.32. The second-order valence-corrected chi connectivity index (χ2v) is 7.76. The molecule has 0 unspecified atom stereocenters. The number of hydrogen-bond acceptors (Lipinski definition) is 6. The van der Waals surface area contributed by atoms with Gasteiger partial charge in [0.1, 0.15) is 5.69 Å². The van der Waals surface area contributed by atoms with Crippen LogP contribution in [0.2, 0.25) is 0 Å². The SMILES string of the molecule is Cc1nc(CN2C[C@@H]3CN(C(=O)c4cnccn4)CC[C@H]3C2)cs1. The van der Waals surface area contributed by atoms with Gasteiger partial charge in [-0.25, -0.2) is 9.97 Å². The highest BCUT2D eigenvalue weighted by atomic mass is 32.1. The molecule has 2 aliphatic heterocycles. The third-order valence-corrected chi connectivity index (χ3v) is 5.82. The Morgan fingerprint density at radius 3 is 2.92 bits per heavy atom. The van der Waals surface area contributed by atoms with E-state index < -0.39 is 0 Å². The summed E-state index contributed by atoms with van der Waals surface area (Å²) in [6, 6.07) is 0. The van der Waals surface area contributed by atoms with Crippen molar-refractivity contribution in [1.82, 2.24) is 24.8 Å². The zero-order valence-electron chi connectivity index (χ0n) is 13.8. The Bertz CT molecular complexity index is 719. The maximum absolute atomic E-state index is 12.6. The van der Waals surface area contributed by atoms with Crippen molar-refractivity contribution in [3.05, 3.63) is 40.4 Å². The molecule has 0 radical (unpaired) electrons. The molecule has 0 spiro atoms. The Morgan fingerprint density at radius 2 is 2.17 bits per heavy atom. The minimum atomic E-state index is 0.00938. The molecule has 0 saturated carbocycles. The van der Waals surface area contributed by atoms with Crippen molar-refractivity contribution in [2.45, 2.75) is 19.9 Å². The van der Waals surface area contributed by atoms with Gasteiger partial charge >= 0.3 is 0 Å². The van der Waals surface area contributed by atoms with E-state index in [0.29, 0.717) is 17.5 Å². The van der Waals surface area contributed by atoms with Crippen LogP contribution in [0.5, 0.6) is 0 Å². The molecule has 126 valence electrons. The molecule has 1 amide bonds. The molecule has 0 bridgehead atoms. The van der Waals surface area contributed by atoms with Crippen LogP contribution in [0, 0.1) is 18.8 Å². The summed E-state index contributed by atoms with van der Waals surface area (Å²) < 4.78 is 0. The Morgan fingerprint density at radius 1 is 1.29 bits per heavy atom. The van der Waals surface area contributed by atoms with Crippen LogP contribution in [0.3, 0.4) is 0 Å². The molecule has 2 aromatic heterocycles. The average molecular weight is 343 g/mol. The molecule has 2 aliphatic rings. The van der Waals surface area contributed by atoms with E-state index in [2.05, 4.69) is 25.2 Å². The van der Waals surface area contributed by atoms with Gasteiger partial charge in [-0.1, -0.05) is 0 Å². The van der Waals surface area contributed by atoms with Crippen LogP contribution < -0.4 is 0 Å². The van der Waals surface area contributed by atoms with E-state index in [9.17, 15) is 4.79 Å². The normalized spacial score (nSPS) is 24.1. The van der Waals surface area contributed by atoms with Gasteiger partial charge in [-0.05, 0) is 25.2 Å². The zero-order chi connectivity index (χ0) is 16.5. The predicted molar refractivity (Wildman–Crippen MR) is 91.7 cm³/mol. The first-order chi connectivity index (χ1) is 11.7. The second kappa shape index (κ2) is 6.57. The van der Waals surface area contributed by atoms with E-state index in [1.807, 2.05) is 11.8 Å². The van der Waals surface area contributed by atoms with Gasteiger partial charge in [-0.15, -0.1) is 11.3 Å². The Hall–Kier alpha value is -1.86. The van der Waals surface area contributed by atoms with Crippen molar-refractivity contribution < 1.29 is 4.79 Å². The van der Waals surface area contributed by atoms with Gasteiger partial charge in [0.2, 0.25) is 0 Å². The average Bonchev–Trinajstić information content (AvgIpc) is 3.19. The lowest BCUT2D eigenvalue weighted by molar-refractivity contribution is 0.0635. The number of fused-ring (bicyclic) bond motifs is 1. The molecule has 2 aromatic rings. The fourth-order valence-corrected chi connectivity index (χ4v) is 4.46. The highest BCUT2D eigenvalue weighted by molar-refractivity contribution is 7.09. The molecule has 24 heavy (non-hydrogen) atoms. The molecule has 0 aliphatic carbocycles. The predicted octanol–water partition coefficient (Wildman–Crippen LogP) is 1.84. The van der Waals surface area contributed by atoms with Crippen molar-refractivity contribution in [3.63, 3.8) is 0 Å². The summed E-state index contributed by atoms with van der Waals surface area (Å²) in [5, 5.41) is 3.28. The molecule has 0 N–H and O–H groups in total. The topological polar surface area (TPSA) is 62.2 Å². The fourth-order valence-electron chi connectivity index (χ4n) is 3.86. The van der Waals surface area contributed by atoms with Gasteiger partial charge in [-0.2, -0.15) is 0 Å². The van der Waals surface area contributed by atoms with E-state index in [4.69, 9.17) is 0 Å². The molecule has 0 aromatic carbocycles. The molecule has 4 heterocycles. The fraction of sp³-hybridized carbons (Fsp3) is 0.529. The summed E-state index contributed by atoms with van der Waals surface area (Å²) in [6.45, 7) is 6.79. The first kappa shape index (κ1) is 15.7. The zero-order valence-corrected chi connectivity index (χ0v) is 14.6. The standard InChI is InChI=1S/C17H21N5OS/c1-12-20-15(11-24-12)10-21-7-13-2-5-22(9-14(13)8-21)17(23)16-6-18-3-4-19-16/h3-4,6,11,13-14H,2,5,7-10H2,1H3/t13-,14+/m0/s1. The van der Waals surface area contributed by atoms with E-state index in [-0.39, 0.29) is 5.91 Å².